The van der Waals surface area contributed by atoms with Crippen molar-refractivity contribution in [2.45, 2.75) is 18.6 Å². The van der Waals surface area contributed by atoms with Gasteiger partial charge in [-0.2, -0.15) is 18.4 Å². The number of rotatable bonds is 1. The lowest BCUT2D eigenvalue weighted by molar-refractivity contribution is -0.137. The summed E-state index contributed by atoms with van der Waals surface area (Å²) in [6.07, 6.45) is -3.67. The lowest BCUT2D eigenvalue weighted by atomic mass is 10.1. The highest BCUT2D eigenvalue weighted by Gasteiger charge is 2.32. The molecule has 1 aliphatic heterocycles. The van der Waals surface area contributed by atoms with E-state index in [1.807, 2.05) is 6.07 Å². The molecule has 0 bridgehead atoms. The third-order valence-electron chi connectivity index (χ3n) is 3.01. The molecule has 7 heteroatoms. The number of nitriles is 1. The van der Waals surface area contributed by atoms with E-state index in [1.54, 1.807) is 4.90 Å². The topological polar surface area (TPSA) is 53.0 Å². The third-order valence-corrected chi connectivity index (χ3v) is 3.01. The van der Waals surface area contributed by atoms with E-state index in [0.717, 1.165) is 18.6 Å². The van der Waals surface area contributed by atoms with Gasteiger partial charge in [-0.25, -0.2) is 0 Å². The molecule has 1 heterocycles. The maximum atomic E-state index is 12.6. The molecular formula is C12H13ClF3N3. The molecule has 0 amide bonds. The van der Waals surface area contributed by atoms with Gasteiger partial charge in [0.25, 0.3) is 0 Å². The summed E-state index contributed by atoms with van der Waals surface area (Å²) in [4.78, 5) is 1.73. The van der Waals surface area contributed by atoms with Crippen LogP contribution in [0, 0.1) is 11.3 Å². The Balaban J connectivity index is 0.00000180. The Morgan fingerprint density at radius 3 is 2.53 bits per heavy atom. The Hall–Kier alpha value is -1.45. The number of nitrogens with two attached hydrogens (primary N) is 1. The Kier molecular flexibility index (Phi) is 4.66. The molecule has 0 spiro atoms. The number of hydrogen-bond acceptors (Lipinski definition) is 3. The highest BCUT2D eigenvalue weighted by molar-refractivity contribution is 5.85. The van der Waals surface area contributed by atoms with Crippen molar-refractivity contribution in [1.29, 1.82) is 5.26 Å². The van der Waals surface area contributed by atoms with Gasteiger partial charge in [-0.15, -0.1) is 12.4 Å². The van der Waals surface area contributed by atoms with Gasteiger partial charge in [0, 0.05) is 19.1 Å². The van der Waals surface area contributed by atoms with Gasteiger partial charge in [-0.05, 0) is 24.6 Å². The van der Waals surface area contributed by atoms with E-state index in [9.17, 15) is 13.2 Å². The van der Waals surface area contributed by atoms with Crippen LogP contribution >= 0.6 is 12.4 Å². The number of halogens is 4. The van der Waals surface area contributed by atoms with Crippen molar-refractivity contribution in [3.8, 4) is 6.07 Å². The van der Waals surface area contributed by atoms with Gasteiger partial charge in [-0.3, -0.25) is 0 Å². The Morgan fingerprint density at radius 1 is 1.37 bits per heavy atom. The standard InChI is InChI=1S/C12H12F3N3.ClH/c13-12(14,15)9-2-1-8(6-16)11(5-9)18-4-3-10(17)7-18;/h1-2,5,10H,3-4,7,17H2;1H. The lowest BCUT2D eigenvalue weighted by Gasteiger charge is -2.20. The highest BCUT2D eigenvalue weighted by atomic mass is 35.5. The molecule has 1 aromatic rings. The van der Waals surface area contributed by atoms with E-state index >= 15 is 0 Å². The quantitative estimate of drug-likeness (QED) is 0.865. The number of nitrogens with zero attached hydrogens (tertiary/aromatic N) is 2. The van der Waals surface area contributed by atoms with Gasteiger partial charge in [0.2, 0.25) is 0 Å². The first-order valence-electron chi connectivity index (χ1n) is 5.53. The number of hydrogen-bond donors (Lipinski definition) is 1. The summed E-state index contributed by atoms with van der Waals surface area (Å²) in [6.45, 7) is 1.06. The zero-order chi connectivity index (χ0) is 13.3. The van der Waals surface area contributed by atoms with Gasteiger partial charge in [0.15, 0.2) is 0 Å². The molecule has 0 radical (unpaired) electrons. The van der Waals surface area contributed by atoms with Crippen LogP contribution in [0.3, 0.4) is 0 Å². The molecular weight excluding hydrogens is 279 g/mol. The van der Waals surface area contributed by atoms with Crippen molar-refractivity contribution < 1.29 is 13.2 Å². The van der Waals surface area contributed by atoms with Crippen molar-refractivity contribution in [2.75, 3.05) is 18.0 Å². The maximum Gasteiger partial charge on any atom is 0.416 e. The summed E-state index contributed by atoms with van der Waals surface area (Å²) in [5.41, 5.74) is 5.56. The van der Waals surface area contributed by atoms with Gasteiger partial charge in [0.05, 0.1) is 16.8 Å². The molecule has 0 aromatic heterocycles. The van der Waals surface area contributed by atoms with Crippen LogP contribution in [0.5, 0.6) is 0 Å². The zero-order valence-electron chi connectivity index (χ0n) is 9.94. The second-order valence-electron chi connectivity index (χ2n) is 4.34. The van der Waals surface area contributed by atoms with Gasteiger partial charge in [0.1, 0.15) is 6.07 Å². The van der Waals surface area contributed by atoms with Crippen LogP contribution in [-0.2, 0) is 6.18 Å². The average Bonchev–Trinajstić information content (AvgIpc) is 2.73. The van der Waals surface area contributed by atoms with Crippen LogP contribution in [0.15, 0.2) is 18.2 Å². The van der Waals surface area contributed by atoms with Gasteiger partial charge < -0.3 is 10.6 Å². The van der Waals surface area contributed by atoms with Crippen LogP contribution in [0.25, 0.3) is 0 Å². The molecule has 1 unspecified atom stereocenters. The van der Waals surface area contributed by atoms with E-state index < -0.39 is 11.7 Å². The zero-order valence-corrected chi connectivity index (χ0v) is 10.8. The first kappa shape index (κ1) is 15.6. The summed E-state index contributed by atoms with van der Waals surface area (Å²) in [5.74, 6) is 0. The molecule has 1 aliphatic rings. The van der Waals surface area contributed by atoms with E-state index in [0.29, 0.717) is 18.8 Å². The molecule has 104 valence electrons. The molecule has 1 saturated heterocycles. The number of alkyl halides is 3. The normalized spacial score (nSPS) is 18.9. The van der Waals surface area contributed by atoms with E-state index in [-0.39, 0.29) is 24.0 Å². The number of benzene rings is 1. The second-order valence-corrected chi connectivity index (χ2v) is 4.34. The highest BCUT2D eigenvalue weighted by Crippen LogP contribution is 2.34. The average molecular weight is 292 g/mol. The van der Waals surface area contributed by atoms with Gasteiger partial charge >= 0.3 is 6.18 Å². The Morgan fingerprint density at radius 2 is 2.05 bits per heavy atom. The number of anilines is 1. The first-order valence-corrected chi connectivity index (χ1v) is 5.53. The van der Waals surface area contributed by atoms with Crippen molar-refractivity contribution in [1.82, 2.24) is 0 Å². The smallest absolute Gasteiger partial charge is 0.369 e. The predicted octanol–water partition coefficient (Wildman–Crippen LogP) is 2.54. The Labute approximate surface area is 115 Å². The third kappa shape index (κ3) is 3.31. The van der Waals surface area contributed by atoms with Crippen LogP contribution in [-0.4, -0.2) is 19.1 Å². The summed E-state index contributed by atoms with van der Waals surface area (Å²) in [6, 6.07) is 5.03. The van der Waals surface area contributed by atoms with Crippen LogP contribution in [0.2, 0.25) is 0 Å². The molecule has 1 fully saturated rings. The minimum Gasteiger partial charge on any atom is -0.369 e. The SMILES string of the molecule is Cl.N#Cc1ccc(C(F)(F)F)cc1N1CCC(N)C1. The van der Waals surface area contributed by atoms with E-state index in [4.69, 9.17) is 11.0 Å². The van der Waals surface area contributed by atoms with Crippen molar-refractivity contribution in [3.63, 3.8) is 0 Å². The van der Waals surface area contributed by atoms with Crippen molar-refractivity contribution in [3.05, 3.63) is 29.3 Å². The van der Waals surface area contributed by atoms with Crippen LogP contribution < -0.4 is 10.6 Å². The largest absolute Gasteiger partial charge is 0.416 e. The van der Waals surface area contributed by atoms with Crippen molar-refractivity contribution in [2.24, 2.45) is 5.73 Å². The summed E-state index contributed by atoms with van der Waals surface area (Å²) >= 11 is 0. The molecule has 3 nitrogen and oxygen atoms in total. The van der Waals surface area contributed by atoms with E-state index in [1.165, 1.54) is 6.07 Å². The van der Waals surface area contributed by atoms with E-state index in [2.05, 4.69) is 0 Å². The summed E-state index contributed by atoms with van der Waals surface area (Å²) < 4.78 is 37.9. The van der Waals surface area contributed by atoms with Crippen LogP contribution in [0.4, 0.5) is 18.9 Å². The molecule has 1 atom stereocenters. The fourth-order valence-corrected chi connectivity index (χ4v) is 2.07. The molecule has 0 aliphatic carbocycles. The fraction of sp³-hybridized carbons (Fsp3) is 0.417. The first-order chi connectivity index (χ1) is 8.41. The molecule has 1 aromatic carbocycles. The van der Waals surface area contributed by atoms with Crippen LogP contribution in [0.1, 0.15) is 17.5 Å². The maximum absolute atomic E-state index is 12.6. The molecule has 19 heavy (non-hydrogen) atoms. The molecule has 0 saturated carbocycles. The minimum absolute atomic E-state index is 0. The minimum atomic E-state index is -4.40. The Bertz CT molecular complexity index is 496. The second kappa shape index (κ2) is 5.68. The fourth-order valence-electron chi connectivity index (χ4n) is 2.07. The summed E-state index contributed by atoms with van der Waals surface area (Å²) in [7, 11) is 0. The predicted molar refractivity (Wildman–Crippen MR) is 68.2 cm³/mol. The monoisotopic (exact) mass is 291 g/mol. The lowest BCUT2D eigenvalue weighted by Crippen LogP contribution is -2.27. The molecule has 2 N–H and O–H groups in total. The summed E-state index contributed by atoms with van der Waals surface area (Å²) in [5, 5.41) is 8.95. The molecule has 2 rings (SSSR count). The van der Waals surface area contributed by atoms with Crippen molar-refractivity contribution >= 4 is 18.1 Å². The van der Waals surface area contributed by atoms with Gasteiger partial charge in [-0.1, -0.05) is 0 Å².